The normalized spacial score (nSPS) is 22.3. The zero-order chi connectivity index (χ0) is 24.9. The molecular weight excluding hydrogens is 455 g/mol. The molecule has 1 aliphatic rings. The highest BCUT2D eigenvalue weighted by Crippen LogP contribution is 2.36. The first-order chi connectivity index (χ1) is 16.3. The van der Waals surface area contributed by atoms with Gasteiger partial charge in [0.15, 0.2) is 0 Å². The number of benzene rings is 1. The molecule has 0 saturated heterocycles. The summed E-state index contributed by atoms with van der Waals surface area (Å²) in [6.07, 6.45) is 9.23. The van der Waals surface area contributed by atoms with Crippen molar-refractivity contribution < 1.29 is 28.9 Å². The van der Waals surface area contributed by atoms with Crippen molar-refractivity contribution in [1.82, 2.24) is 0 Å². The van der Waals surface area contributed by atoms with Gasteiger partial charge in [0.25, 0.3) is 0 Å². The Kier molecular flexibility index (Phi) is 12.9. The van der Waals surface area contributed by atoms with Crippen molar-refractivity contribution in [2.75, 3.05) is 12.9 Å². The molecule has 0 aromatic heterocycles. The molecular formula is C27H39FO5S. The number of unbranched alkanes of at least 4 members (excludes halogenated alkanes) is 2. The van der Waals surface area contributed by atoms with Gasteiger partial charge in [0.2, 0.25) is 0 Å². The van der Waals surface area contributed by atoms with Gasteiger partial charge >= 0.3 is 5.97 Å². The van der Waals surface area contributed by atoms with E-state index in [0.717, 1.165) is 31.2 Å². The van der Waals surface area contributed by atoms with Gasteiger partial charge < -0.3 is 14.9 Å². The lowest BCUT2D eigenvalue weighted by molar-refractivity contribution is -0.145. The fourth-order valence-corrected chi connectivity index (χ4v) is 5.81. The number of allylic oxidation sites excluding steroid dienone is 2. The van der Waals surface area contributed by atoms with Crippen LogP contribution in [0.1, 0.15) is 63.9 Å². The van der Waals surface area contributed by atoms with Crippen molar-refractivity contribution in [2.24, 2.45) is 11.8 Å². The summed E-state index contributed by atoms with van der Waals surface area (Å²) < 4.78 is 18.1. The third kappa shape index (κ3) is 9.51. The topological polar surface area (TPSA) is 83.8 Å². The van der Waals surface area contributed by atoms with E-state index < -0.39 is 12.2 Å². The lowest BCUT2D eigenvalue weighted by Crippen LogP contribution is -2.25. The van der Waals surface area contributed by atoms with Gasteiger partial charge in [0.1, 0.15) is 11.6 Å². The van der Waals surface area contributed by atoms with Crippen LogP contribution in [0.25, 0.3) is 0 Å². The number of rotatable bonds is 15. The van der Waals surface area contributed by atoms with Crippen LogP contribution in [0.4, 0.5) is 4.39 Å². The summed E-state index contributed by atoms with van der Waals surface area (Å²) in [5.41, 5.74) is 0.878. The fraction of sp³-hybridized carbons (Fsp3) is 0.630. The van der Waals surface area contributed by atoms with Crippen molar-refractivity contribution in [2.45, 2.75) is 82.2 Å². The lowest BCUT2D eigenvalue weighted by atomic mass is 9.94. The largest absolute Gasteiger partial charge is 0.469 e. The van der Waals surface area contributed by atoms with Gasteiger partial charge in [-0.3, -0.25) is 9.59 Å². The molecule has 2 rings (SSSR count). The van der Waals surface area contributed by atoms with E-state index in [-0.39, 0.29) is 41.1 Å². The molecule has 0 amide bonds. The molecule has 5 nitrogen and oxygen atoms in total. The highest BCUT2D eigenvalue weighted by molar-refractivity contribution is 8.00. The van der Waals surface area contributed by atoms with Crippen molar-refractivity contribution in [3.8, 4) is 0 Å². The molecule has 0 bridgehead atoms. The zero-order valence-corrected chi connectivity index (χ0v) is 21.1. The maximum atomic E-state index is 13.1. The van der Waals surface area contributed by atoms with Gasteiger partial charge in [-0.1, -0.05) is 50.5 Å². The fourth-order valence-electron chi connectivity index (χ4n) is 4.39. The Morgan fingerprint density at radius 1 is 1.24 bits per heavy atom. The van der Waals surface area contributed by atoms with Gasteiger partial charge in [-0.15, -0.1) is 0 Å². The van der Waals surface area contributed by atoms with E-state index in [1.54, 1.807) is 12.1 Å². The monoisotopic (exact) mass is 494 g/mol. The first kappa shape index (κ1) is 28.5. The number of ketones is 1. The Labute approximate surface area is 207 Å². The van der Waals surface area contributed by atoms with Gasteiger partial charge in [0.05, 0.1) is 25.2 Å². The number of carbonyl (C=O) groups excluding carboxylic acids is 2. The number of ether oxygens (including phenoxy) is 1. The number of aliphatic hydroxyl groups excluding tert-OH is 2. The van der Waals surface area contributed by atoms with Crippen LogP contribution in [-0.4, -0.2) is 52.3 Å². The zero-order valence-electron chi connectivity index (χ0n) is 20.3. The number of methoxy groups -OCH3 is 1. The second kappa shape index (κ2) is 15.3. The molecule has 2 N–H and O–H groups in total. The van der Waals surface area contributed by atoms with Gasteiger partial charge in [0, 0.05) is 23.3 Å². The molecule has 3 unspecified atom stereocenters. The van der Waals surface area contributed by atoms with Crippen LogP contribution in [0.5, 0.6) is 0 Å². The highest BCUT2D eigenvalue weighted by atomic mass is 32.2. The first-order valence-electron chi connectivity index (χ1n) is 12.3. The summed E-state index contributed by atoms with van der Waals surface area (Å²) >= 11 is 1.51. The molecule has 1 fully saturated rings. The van der Waals surface area contributed by atoms with Gasteiger partial charge in [-0.2, -0.15) is 11.8 Å². The van der Waals surface area contributed by atoms with Crippen LogP contribution in [0.2, 0.25) is 0 Å². The minimum Gasteiger partial charge on any atom is -0.469 e. The number of Topliss-reactive ketones (excluding diaryl/α,β-unsaturated/α-hetero) is 1. The quantitative estimate of drug-likeness (QED) is 0.205. The lowest BCUT2D eigenvalue weighted by Gasteiger charge is -2.21. The summed E-state index contributed by atoms with van der Waals surface area (Å²) in [5.74, 6) is -0.583. The predicted octanol–water partition coefficient (Wildman–Crippen LogP) is 4.88. The van der Waals surface area contributed by atoms with Gasteiger partial charge in [-0.25, -0.2) is 4.39 Å². The number of carbonyl (C=O) groups is 2. The van der Waals surface area contributed by atoms with E-state index in [9.17, 15) is 24.2 Å². The Balaban J connectivity index is 1.83. The maximum Gasteiger partial charge on any atom is 0.308 e. The predicted molar refractivity (Wildman–Crippen MR) is 134 cm³/mol. The standard InChI is InChI=1S/C27H39FO5S/c1-3-4-6-10-22(29)18-34-26-23(24(30)17-25(26)31)11-8-5-7-9-20(27(32)33-2)16-19-12-14-21(28)15-13-19/h5,8,12-15,20,22-23,25-26,29,31H,3-4,6-7,9-11,16-18H2,1-2H3/t20?,22?,23-,25?,26+/m0/s1. The minimum atomic E-state index is -0.668. The molecule has 5 atom stereocenters. The van der Waals surface area contributed by atoms with E-state index in [4.69, 9.17) is 4.74 Å². The Morgan fingerprint density at radius 2 is 1.97 bits per heavy atom. The summed E-state index contributed by atoms with van der Waals surface area (Å²) in [7, 11) is 1.37. The van der Waals surface area contributed by atoms with Crippen molar-refractivity contribution in [1.29, 1.82) is 0 Å². The van der Waals surface area contributed by atoms with Gasteiger partial charge in [-0.05, 0) is 49.8 Å². The van der Waals surface area contributed by atoms with Crippen LogP contribution >= 0.6 is 11.8 Å². The number of aliphatic hydroxyl groups is 2. The van der Waals surface area contributed by atoms with E-state index in [1.807, 2.05) is 12.2 Å². The number of thioether (sulfide) groups is 1. The van der Waals surface area contributed by atoms with E-state index in [0.29, 0.717) is 31.4 Å². The molecule has 0 spiro atoms. The average molecular weight is 495 g/mol. The van der Waals surface area contributed by atoms with Crippen LogP contribution in [0.15, 0.2) is 36.4 Å². The molecule has 0 heterocycles. The van der Waals surface area contributed by atoms with Crippen LogP contribution in [0.3, 0.4) is 0 Å². The third-order valence-corrected chi connectivity index (χ3v) is 7.99. The molecule has 0 radical (unpaired) electrons. The Morgan fingerprint density at radius 3 is 2.65 bits per heavy atom. The second-order valence-corrected chi connectivity index (χ2v) is 10.3. The summed E-state index contributed by atoms with van der Waals surface area (Å²) in [6.45, 7) is 2.13. The molecule has 1 aromatic carbocycles. The third-order valence-electron chi connectivity index (χ3n) is 6.39. The van der Waals surface area contributed by atoms with E-state index in [2.05, 4.69) is 6.92 Å². The molecule has 0 aliphatic heterocycles. The second-order valence-electron chi connectivity index (χ2n) is 9.13. The Hall–Kier alpha value is -1.70. The minimum absolute atomic E-state index is 0.0684. The highest BCUT2D eigenvalue weighted by Gasteiger charge is 2.41. The molecule has 1 saturated carbocycles. The SMILES string of the molecule is CCCCCC(O)CS[C@H]1C(O)CC(=O)[C@@H]1CC=CCCC(Cc1ccc(F)cc1)C(=O)OC. The number of halogens is 1. The first-order valence-corrected chi connectivity index (χ1v) is 13.4. The van der Waals surface area contributed by atoms with E-state index in [1.165, 1.54) is 31.0 Å². The summed E-state index contributed by atoms with van der Waals surface area (Å²) in [4.78, 5) is 24.6. The molecule has 34 heavy (non-hydrogen) atoms. The number of hydrogen-bond acceptors (Lipinski definition) is 6. The molecule has 190 valence electrons. The van der Waals surface area contributed by atoms with Crippen LogP contribution in [-0.2, 0) is 20.7 Å². The maximum absolute atomic E-state index is 13.1. The van der Waals surface area contributed by atoms with Crippen molar-refractivity contribution >= 4 is 23.5 Å². The Bertz CT molecular complexity index is 782. The molecule has 1 aromatic rings. The number of esters is 1. The molecule has 1 aliphatic carbocycles. The molecule has 7 heteroatoms. The average Bonchev–Trinajstić information content (AvgIpc) is 3.09. The van der Waals surface area contributed by atoms with Crippen molar-refractivity contribution in [3.63, 3.8) is 0 Å². The van der Waals surface area contributed by atoms with Crippen molar-refractivity contribution in [3.05, 3.63) is 47.8 Å². The smallest absolute Gasteiger partial charge is 0.308 e. The summed E-state index contributed by atoms with van der Waals surface area (Å²) in [5, 5.41) is 20.4. The van der Waals surface area contributed by atoms with E-state index >= 15 is 0 Å². The van der Waals surface area contributed by atoms with Crippen LogP contribution < -0.4 is 0 Å². The summed E-state index contributed by atoms with van der Waals surface area (Å²) in [6, 6.07) is 6.12. The van der Waals surface area contributed by atoms with Crippen LogP contribution in [0, 0.1) is 17.7 Å². The number of hydrogen-bond donors (Lipinski definition) is 2.